The number of piperidine rings is 1. The first-order chi connectivity index (χ1) is 10.2. The van der Waals surface area contributed by atoms with Crippen molar-refractivity contribution in [3.63, 3.8) is 0 Å². The average molecular weight is 312 g/mol. The minimum Gasteiger partial charge on any atom is -0.395 e. The van der Waals surface area contributed by atoms with Crippen LogP contribution in [0.3, 0.4) is 0 Å². The first kappa shape index (κ1) is 16.2. The number of hydrogen-bond donors (Lipinski definition) is 3. The van der Waals surface area contributed by atoms with Crippen molar-refractivity contribution >= 4 is 22.4 Å². The lowest BCUT2D eigenvalue weighted by Crippen LogP contribution is -2.47. The fourth-order valence-electron chi connectivity index (χ4n) is 2.63. The molecule has 2 rings (SSSR count). The molecule has 1 atom stereocenters. The SMILES string of the molecule is CCNc1nc(C(=O)NCC2CCCCN2CCO)cs1. The molecule has 0 radical (unpaired) electrons. The number of hydrogen-bond acceptors (Lipinski definition) is 6. The van der Waals surface area contributed by atoms with Gasteiger partial charge in [0, 0.05) is 31.1 Å². The number of anilines is 1. The van der Waals surface area contributed by atoms with Gasteiger partial charge in [0.15, 0.2) is 5.13 Å². The van der Waals surface area contributed by atoms with Crippen LogP contribution < -0.4 is 10.6 Å². The lowest BCUT2D eigenvalue weighted by atomic mass is 10.0. The fraction of sp³-hybridized carbons (Fsp3) is 0.714. The van der Waals surface area contributed by atoms with Gasteiger partial charge in [-0.3, -0.25) is 9.69 Å². The molecule has 1 fully saturated rings. The van der Waals surface area contributed by atoms with Gasteiger partial charge < -0.3 is 15.7 Å². The number of nitrogens with zero attached hydrogens (tertiary/aromatic N) is 2. The monoisotopic (exact) mass is 312 g/mol. The number of thiazole rings is 1. The zero-order valence-corrected chi connectivity index (χ0v) is 13.3. The van der Waals surface area contributed by atoms with Crippen LogP contribution in [0.4, 0.5) is 5.13 Å². The number of aliphatic hydroxyl groups is 1. The molecule has 1 amide bonds. The van der Waals surface area contributed by atoms with Crippen molar-refractivity contribution in [3.8, 4) is 0 Å². The van der Waals surface area contributed by atoms with Crippen molar-refractivity contribution in [1.82, 2.24) is 15.2 Å². The predicted octanol–water partition coefficient (Wildman–Crippen LogP) is 1.15. The highest BCUT2D eigenvalue weighted by Crippen LogP contribution is 2.17. The van der Waals surface area contributed by atoms with E-state index in [1.165, 1.54) is 24.2 Å². The number of nitrogens with one attached hydrogen (secondary N) is 2. The van der Waals surface area contributed by atoms with Crippen molar-refractivity contribution in [2.75, 3.05) is 38.1 Å². The summed E-state index contributed by atoms with van der Waals surface area (Å²) in [4.78, 5) is 18.6. The molecule has 3 N–H and O–H groups in total. The van der Waals surface area contributed by atoms with Crippen molar-refractivity contribution in [2.24, 2.45) is 0 Å². The molecule has 1 aliphatic rings. The topological polar surface area (TPSA) is 77.5 Å². The van der Waals surface area contributed by atoms with Gasteiger partial charge in [-0.15, -0.1) is 11.3 Å². The van der Waals surface area contributed by atoms with E-state index >= 15 is 0 Å². The van der Waals surface area contributed by atoms with Crippen LogP contribution in [0.2, 0.25) is 0 Å². The third-order valence-electron chi connectivity index (χ3n) is 3.70. The lowest BCUT2D eigenvalue weighted by Gasteiger charge is -2.35. The number of aliphatic hydroxyl groups excluding tert-OH is 1. The summed E-state index contributed by atoms with van der Waals surface area (Å²) in [5, 5.41) is 17.7. The molecule has 7 heteroatoms. The van der Waals surface area contributed by atoms with Crippen molar-refractivity contribution < 1.29 is 9.90 Å². The number of β-amino-alcohol motifs (C(OH)–C–C–N with tert-alkyl or cyclic N) is 1. The van der Waals surface area contributed by atoms with E-state index in [1.807, 2.05) is 6.92 Å². The van der Waals surface area contributed by atoms with Gasteiger partial charge in [0.05, 0.1) is 6.61 Å². The average Bonchev–Trinajstić information content (AvgIpc) is 2.95. The predicted molar refractivity (Wildman–Crippen MR) is 84.9 cm³/mol. The normalized spacial score (nSPS) is 19.4. The van der Waals surface area contributed by atoms with Gasteiger partial charge in [0.25, 0.3) is 5.91 Å². The molecule has 0 spiro atoms. The van der Waals surface area contributed by atoms with E-state index in [0.29, 0.717) is 24.8 Å². The maximum atomic E-state index is 12.1. The molecule has 1 aliphatic heterocycles. The van der Waals surface area contributed by atoms with E-state index in [4.69, 9.17) is 5.11 Å². The molecule has 0 bridgehead atoms. The Morgan fingerprint density at radius 2 is 2.43 bits per heavy atom. The van der Waals surface area contributed by atoms with Crippen molar-refractivity contribution in [2.45, 2.75) is 32.2 Å². The first-order valence-electron chi connectivity index (χ1n) is 7.57. The van der Waals surface area contributed by atoms with Crippen molar-refractivity contribution in [1.29, 1.82) is 0 Å². The number of aromatic nitrogens is 1. The molecule has 0 saturated carbocycles. The molecule has 6 nitrogen and oxygen atoms in total. The van der Waals surface area contributed by atoms with Crippen LogP contribution in [0.25, 0.3) is 0 Å². The molecule has 0 aliphatic carbocycles. The van der Waals surface area contributed by atoms with Gasteiger partial charge in [-0.25, -0.2) is 4.98 Å². The van der Waals surface area contributed by atoms with Crippen LogP contribution in [0.5, 0.6) is 0 Å². The number of amides is 1. The van der Waals surface area contributed by atoms with Crippen LogP contribution >= 0.6 is 11.3 Å². The Morgan fingerprint density at radius 1 is 1.57 bits per heavy atom. The number of carbonyl (C=O) groups is 1. The van der Waals surface area contributed by atoms with E-state index in [0.717, 1.165) is 24.6 Å². The van der Waals surface area contributed by atoms with Gasteiger partial charge in [0.2, 0.25) is 0 Å². The van der Waals surface area contributed by atoms with Crippen LogP contribution in [-0.4, -0.2) is 59.7 Å². The van der Waals surface area contributed by atoms with E-state index < -0.39 is 0 Å². The maximum absolute atomic E-state index is 12.1. The largest absolute Gasteiger partial charge is 0.395 e. The summed E-state index contributed by atoms with van der Waals surface area (Å²) in [6.07, 6.45) is 3.42. The second-order valence-corrected chi connectivity index (χ2v) is 6.05. The minimum atomic E-state index is -0.120. The molecule has 2 heterocycles. The Kier molecular flexibility index (Phi) is 6.41. The van der Waals surface area contributed by atoms with Gasteiger partial charge in [-0.2, -0.15) is 0 Å². The zero-order valence-electron chi connectivity index (χ0n) is 12.5. The summed E-state index contributed by atoms with van der Waals surface area (Å²) in [5.74, 6) is -0.120. The highest BCUT2D eigenvalue weighted by molar-refractivity contribution is 7.13. The standard InChI is InChI=1S/C14H24N4O2S/c1-2-15-14-17-12(10-21-14)13(20)16-9-11-5-3-4-6-18(11)7-8-19/h10-11,19H,2-9H2,1H3,(H,15,17)(H,16,20). The number of carbonyl (C=O) groups excluding carboxylic acids is 1. The minimum absolute atomic E-state index is 0.120. The van der Waals surface area contributed by atoms with Crippen LogP contribution in [0.1, 0.15) is 36.7 Å². The Hall–Kier alpha value is -1.18. The molecule has 118 valence electrons. The van der Waals surface area contributed by atoms with Gasteiger partial charge in [0.1, 0.15) is 5.69 Å². The lowest BCUT2D eigenvalue weighted by molar-refractivity contribution is 0.0886. The number of likely N-dealkylation sites (tertiary alicyclic amines) is 1. The Balaban J connectivity index is 1.84. The van der Waals surface area contributed by atoms with Crippen LogP contribution in [0.15, 0.2) is 5.38 Å². The molecule has 0 aromatic carbocycles. The van der Waals surface area contributed by atoms with E-state index in [1.54, 1.807) is 5.38 Å². The zero-order chi connectivity index (χ0) is 15.1. The summed E-state index contributed by atoms with van der Waals surface area (Å²) in [6.45, 7) is 5.27. The Morgan fingerprint density at radius 3 is 3.19 bits per heavy atom. The highest BCUT2D eigenvalue weighted by atomic mass is 32.1. The second kappa shape index (κ2) is 8.31. The van der Waals surface area contributed by atoms with Crippen LogP contribution in [-0.2, 0) is 0 Å². The third-order valence-corrected chi connectivity index (χ3v) is 4.50. The Labute approximate surface area is 129 Å². The number of rotatable bonds is 7. The summed E-state index contributed by atoms with van der Waals surface area (Å²) < 4.78 is 0. The second-order valence-electron chi connectivity index (χ2n) is 5.19. The quantitative estimate of drug-likeness (QED) is 0.704. The van der Waals surface area contributed by atoms with Crippen molar-refractivity contribution in [3.05, 3.63) is 11.1 Å². The molecule has 1 unspecified atom stereocenters. The van der Waals surface area contributed by atoms with Gasteiger partial charge >= 0.3 is 0 Å². The molecule has 1 aromatic rings. The molecule has 1 saturated heterocycles. The summed E-state index contributed by atoms with van der Waals surface area (Å²) in [6, 6.07) is 0.321. The van der Waals surface area contributed by atoms with Gasteiger partial charge in [-0.05, 0) is 26.3 Å². The maximum Gasteiger partial charge on any atom is 0.270 e. The highest BCUT2D eigenvalue weighted by Gasteiger charge is 2.22. The summed E-state index contributed by atoms with van der Waals surface area (Å²) >= 11 is 1.45. The molecular formula is C14H24N4O2S. The molecule has 21 heavy (non-hydrogen) atoms. The smallest absolute Gasteiger partial charge is 0.270 e. The molecular weight excluding hydrogens is 288 g/mol. The van der Waals surface area contributed by atoms with E-state index in [2.05, 4.69) is 20.5 Å². The third kappa shape index (κ3) is 4.66. The van der Waals surface area contributed by atoms with Crippen LogP contribution in [0, 0.1) is 0 Å². The first-order valence-corrected chi connectivity index (χ1v) is 8.45. The Bertz CT molecular complexity index is 450. The summed E-state index contributed by atoms with van der Waals surface area (Å²) in [7, 11) is 0. The van der Waals surface area contributed by atoms with E-state index in [9.17, 15) is 4.79 Å². The summed E-state index contributed by atoms with van der Waals surface area (Å²) in [5.41, 5.74) is 0.473. The van der Waals surface area contributed by atoms with Gasteiger partial charge in [-0.1, -0.05) is 6.42 Å². The molecule has 1 aromatic heterocycles. The van der Waals surface area contributed by atoms with E-state index in [-0.39, 0.29) is 12.5 Å². The fourth-order valence-corrected chi connectivity index (χ4v) is 3.39.